The number of piperidine rings is 1. The van der Waals surface area contributed by atoms with E-state index in [4.69, 9.17) is 4.65 Å². The molecule has 1 unspecified atom stereocenters. The fraction of sp³-hybridized carbons (Fsp3) is 0.368. The third kappa shape index (κ3) is 4.44. The summed E-state index contributed by atoms with van der Waals surface area (Å²) >= 11 is 0. The van der Waals surface area contributed by atoms with Crippen LogP contribution in [0.15, 0.2) is 54.6 Å². The number of hydrogen-bond acceptors (Lipinski definition) is 3. The first-order valence-electron chi connectivity index (χ1n) is 8.46. The van der Waals surface area contributed by atoms with Crippen molar-refractivity contribution in [2.45, 2.75) is 31.9 Å². The summed E-state index contributed by atoms with van der Waals surface area (Å²) in [5.74, 6) is 0. The molecule has 2 N–H and O–H groups in total. The van der Waals surface area contributed by atoms with Crippen LogP contribution >= 0.6 is 0 Å². The number of rotatable bonds is 6. The SMILES string of the molecule is OCc1cccc(B(OCC2CCCCN2)c2ccccc2)c1. The molecular formula is C19H24BNO2. The second-order valence-corrected chi connectivity index (χ2v) is 6.17. The first-order chi connectivity index (χ1) is 11.4. The zero-order valence-corrected chi connectivity index (χ0v) is 13.4. The van der Waals surface area contributed by atoms with Crippen molar-refractivity contribution in [1.29, 1.82) is 0 Å². The molecule has 1 heterocycles. The lowest BCUT2D eigenvalue weighted by atomic mass is 9.55. The summed E-state index contributed by atoms with van der Waals surface area (Å²) in [6.07, 6.45) is 3.71. The summed E-state index contributed by atoms with van der Waals surface area (Å²) in [6, 6.07) is 18.8. The summed E-state index contributed by atoms with van der Waals surface area (Å²) in [4.78, 5) is 0. The van der Waals surface area contributed by atoms with E-state index in [0.717, 1.165) is 23.0 Å². The summed E-state index contributed by atoms with van der Waals surface area (Å²) < 4.78 is 6.31. The zero-order chi connectivity index (χ0) is 15.9. The quantitative estimate of drug-likeness (QED) is 0.794. The highest BCUT2D eigenvalue weighted by Crippen LogP contribution is 2.08. The molecule has 0 aliphatic carbocycles. The second-order valence-electron chi connectivity index (χ2n) is 6.17. The Labute approximate surface area is 138 Å². The lowest BCUT2D eigenvalue weighted by molar-refractivity contribution is 0.246. The standard InChI is InChI=1S/C19H24BNO2/c22-14-16-7-6-10-18(13-16)20(17-8-2-1-3-9-17)23-15-19-11-4-5-12-21-19/h1-3,6-10,13,19,21-22H,4-5,11-12,14-15H2. The van der Waals surface area contributed by atoms with Crippen molar-refractivity contribution in [1.82, 2.24) is 5.32 Å². The van der Waals surface area contributed by atoms with Gasteiger partial charge in [-0.25, -0.2) is 0 Å². The molecule has 3 nitrogen and oxygen atoms in total. The van der Waals surface area contributed by atoms with Gasteiger partial charge in [-0.15, -0.1) is 0 Å². The fourth-order valence-corrected chi connectivity index (χ4v) is 3.15. The average molecular weight is 309 g/mol. The maximum absolute atomic E-state index is 9.40. The molecule has 0 amide bonds. The molecule has 0 spiro atoms. The molecule has 0 bridgehead atoms. The highest BCUT2D eigenvalue weighted by molar-refractivity contribution is 6.80. The molecule has 120 valence electrons. The molecule has 1 saturated heterocycles. The highest BCUT2D eigenvalue weighted by Gasteiger charge is 2.23. The monoisotopic (exact) mass is 309 g/mol. The first-order valence-corrected chi connectivity index (χ1v) is 8.46. The van der Waals surface area contributed by atoms with E-state index in [-0.39, 0.29) is 13.5 Å². The van der Waals surface area contributed by atoms with Crippen molar-refractivity contribution in [2.75, 3.05) is 13.2 Å². The molecule has 1 atom stereocenters. The van der Waals surface area contributed by atoms with Gasteiger partial charge >= 0.3 is 6.92 Å². The van der Waals surface area contributed by atoms with Gasteiger partial charge in [-0.2, -0.15) is 0 Å². The van der Waals surface area contributed by atoms with Crippen LogP contribution in [-0.2, 0) is 11.3 Å². The van der Waals surface area contributed by atoms with E-state index >= 15 is 0 Å². The van der Waals surface area contributed by atoms with Crippen LogP contribution in [-0.4, -0.2) is 31.2 Å². The molecule has 1 aliphatic rings. The van der Waals surface area contributed by atoms with Crippen LogP contribution in [0.25, 0.3) is 0 Å². The van der Waals surface area contributed by atoms with E-state index in [2.05, 4.69) is 23.5 Å². The van der Waals surface area contributed by atoms with Crippen LogP contribution in [0.1, 0.15) is 24.8 Å². The summed E-state index contributed by atoms with van der Waals surface area (Å²) in [6.45, 7) is 1.76. The minimum absolute atomic E-state index is 0.0551. The van der Waals surface area contributed by atoms with Gasteiger partial charge in [0.05, 0.1) is 6.61 Å². The Morgan fingerprint density at radius 2 is 1.87 bits per heavy atom. The van der Waals surface area contributed by atoms with Crippen molar-refractivity contribution in [3.63, 3.8) is 0 Å². The highest BCUT2D eigenvalue weighted by atomic mass is 16.4. The van der Waals surface area contributed by atoms with Gasteiger partial charge in [0.2, 0.25) is 0 Å². The molecule has 2 aromatic carbocycles. The summed E-state index contributed by atoms with van der Waals surface area (Å²) in [5, 5.41) is 12.9. The zero-order valence-electron chi connectivity index (χ0n) is 13.4. The molecule has 4 heteroatoms. The van der Waals surface area contributed by atoms with Crippen LogP contribution in [0.3, 0.4) is 0 Å². The van der Waals surface area contributed by atoms with Crippen LogP contribution in [0.2, 0.25) is 0 Å². The molecule has 2 aromatic rings. The van der Waals surface area contributed by atoms with Crippen molar-refractivity contribution >= 4 is 17.8 Å². The Morgan fingerprint density at radius 1 is 1.04 bits per heavy atom. The summed E-state index contributed by atoms with van der Waals surface area (Å²) in [7, 11) is 0. The fourth-order valence-electron chi connectivity index (χ4n) is 3.15. The van der Waals surface area contributed by atoms with E-state index in [1.54, 1.807) is 0 Å². The lowest BCUT2D eigenvalue weighted by Crippen LogP contribution is -2.48. The van der Waals surface area contributed by atoms with Gasteiger partial charge in [0.25, 0.3) is 0 Å². The van der Waals surface area contributed by atoms with Gasteiger partial charge in [0.15, 0.2) is 0 Å². The average Bonchev–Trinajstić information content (AvgIpc) is 2.64. The number of hydrogen-bond donors (Lipinski definition) is 2. The molecular weight excluding hydrogens is 285 g/mol. The molecule has 0 radical (unpaired) electrons. The van der Waals surface area contributed by atoms with E-state index in [9.17, 15) is 5.11 Å². The lowest BCUT2D eigenvalue weighted by Gasteiger charge is -2.25. The Morgan fingerprint density at radius 3 is 2.61 bits per heavy atom. The maximum Gasteiger partial charge on any atom is 0.361 e. The van der Waals surface area contributed by atoms with Crippen molar-refractivity contribution < 1.29 is 9.76 Å². The Kier molecular flexibility index (Phi) is 5.86. The van der Waals surface area contributed by atoms with E-state index in [1.807, 2.05) is 36.4 Å². The van der Waals surface area contributed by atoms with Crippen LogP contribution in [0.5, 0.6) is 0 Å². The van der Waals surface area contributed by atoms with Crippen molar-refractivity contribution in [3.05, 3.63) is 60.2 Å². The Hall–Kier alpha value is -1.62. The van der Waals surface area contributed by atoms with Gasteiger partial charge in [-0.1, -0.05) is 61.0 Å². The number of nitrogens with one attached hydrogen (secondary N) is 1. The second kappa shape index (κ2) is 8.30. The third-order valence-corrected chi connectivity index (χ3v) is 4.42. The number of aliphatic hydroxyl groups excluding tert-OH is 1. The largest absolute Gasteiger partial charge is 0.425 e. The molecule has 1 aliphatic heterocycles. The predicted octanol–water partition coefficient (Wildman–Crippen LogP) is 1.44. The first kappa shape index (κ1) is 16.3. The predicted molar refractivity (Wildman–Crippen MR) is 95.4 cm³/mol. The Balaban J connectivity index is 1.78. The minimum Gasteiger partial charge on any atom is -0.425 e. The molecule has 23 heavy (non-hydrogen) atoms. The normalized spacial score (nSPS) is 17.9. The number of benzene rings is 2. The van der Waals surface area contributed by atoms with Gasteiger partial charge in [-0.3, -0.25) is 0 Å². The van der Waals surface area contributed by atoms with Crippen molar-refractivity contribution in [2.24, 2.45) is 0 Å². The Bertz CT molecular complexity index is 599. The van der Waals surface area contributed by atoms with Gasteiger partial charge in [-0.05, 0) is 35.9 Å². The molecule has 0 aromatic heterocycles. The summed E-state index contributed by atoms with van der Waals surface area (Å²) in [5.41, 5.74) is 3.17. The van der Waals surface area contributed by atoms with E-state index in [0.29, 0.717) is 12.6 Å². The van der Waals surface area contributed by atoms with Crippen molar-refractivity contribution in [3.8, 4) is 0 Å². The molecule has 0 saturated carbocycles. The number of aliphatic hydroxyl groups is 1. The van der Waals surface area contributed by atoms with Crippen LogP contribution in [0.4, 0.5) is 0 Å². The van der Waals surface area contributed by atoms with Gasteiger partial charge < -0.3 is 15.1 Å². The smallest absolute Gasteiger partial charge is 0.361 e. The van der Waals surface area contributed by atoms with E-state index < -0.39 is 0 Å². The van der Waals surface area contributed by atoms with Crippen LogP contribution < -0.4 is 16.2 Å². The minimum atomic E-state index is -0.0913. The van der Waals surface area contributed by atoms with Gasteiger partial charge in [0, 0.05) is 12.6 Å². The van der Waals surface area contributed by atoms with Gasteiger partial charge in [0.1, 0.15) is 0 Å². The molecule has 3 rings (SSSR count). The van der Waals surface area contributed by atoms with Crippen LogP contribution in [0, 0.1) is 0 Å². The third-order valence-electron chi connectivity index (χ3n) is 4.42. The molecule has 1 fully saturated rings. The topological polar surface area (TPSA) is 41.5 Å². The van der Waals surface area contributed by atoms with E-state index in [1.165, 1.54) is 19.3 Å². The maximum atomic E-state index is 9.40.